The monoisotopic (exact) mass is 169 g/mol. The number of rotatable bonds is 1. The lowest BCUT2D eigenvalue weighted by atomic mass is 9.91. The van der Waals surface area contributed by atoms with Crippen LogP contribution in [-0.4, -0.2) is 37.7 Å². The number of methoxy groups -OCH3 is 1. The molecule has 3 atom stereocenters. The summed E-state index contributed by atoms with van der Waals surface area (Å²) in [5, 5.41) is 0. The fourth-order valence-corrected chi connectivity index (χ4v) is 2.91. The van der Waals surface area contributed by atoms with E-state index in [9.17, 15) is 0 Å². The minimum Gasteiger partial charge on any atom is -0.380 e. The molecule has 2 nitrogen and oxygen atoms in total. The van der Waals surface area contributed by atoms with Gasteiger partial charge in [-0.1, -0.05) is 6.42 Å². The number of likely N-dealkylation sites (tertiary alicyclic amines) is 1. The van der Waals surface area contributed by atoms with E-state index in [1.165, 1.54) is 25.7 Å². The van der Waals surface area contributed by atoms with Crippen LogP contribution in [0.4, 0.5) is 0 Å². The van der Waals surface area contributed by atoms with Gasteiger partial charge in [0.05, 0.1) is 6.10 Å². The van der Waals surface area contributed by atoms with Crippen molar-refractivity contribution < 1.29 is 4.74 Å². The fraction of sp³-hybridized carbons (Fsp3) is 1.00. The molecule has 2 heteroatoms. The maximum absolute atomic E-state index is 5.43. The van der Waals surface area contributed by atoms with Crippen molar-refractivity contribution in [2.45, 2.75) is 37.8 Å². The summed E-state index contributed by atoms with van der Waals surface area (Å²) in [6, 6.07) is 0.872. The Balaban J connectivity index is 2.00. The smallest absolute Gasteiger partial charge is 0.0701 e. The van der Waals surface area contributed by atoms with Crippen molar-refractivity contribution in [2.24, 2.45) is 5.92 Å². The van der Waals surface area contributed by atoms with E-state index in [-0.39, 0.29) is 0 Å². The molecule has 2 fully saturated rings. The van der Waals surface area contributed by atoms with Crippen LogP contribution in [0.1, 0.15) is 25.7 Å². The van der Waals surface area contributed by atoms with Crippen molar-refractivity contribution in [1.29, 1.82) is 0 Å². The lowest BCUT2D eigenvalue weighted by molar-refractivity contribution is -0.00390. The van der Waals surface area contributed by atoms with Crippen LogP contribution < -0.4 is 0 Å². The van der Waals surface area contributed by atoms with Crippen molar-refractivity contribution in [3.05, 3.63) is 0 Å². The van der Waals surface area contributed by atoms with Gasteiger partial charge < -0.3 is 9.64 Å². The van der Waals surface area contributed by atoms with Gasteiger partial charge in [-0.2, -0.15) is 0 Å². The summed E-state index contributed by atoms with van der Waals surface area (Å²) in [7, 11) is 4.09. The summed E-state index contributed by atoms with van der Waals surface area (Å²) < 4.78 is 5.43. The zero-order chi connectivity index (χ0) is 8.55. The second-order valence-electron chi connectivity index (χ2n) is 4.29. The van der Waals surface area contributed by atoms with Crippen LogP contribution in [0.2, 0.25) is 0 Å². The van der Waals surface area contributed by atoms with Gasteiger partial charge in [-0.3, -0.25) is 0 Å². The van der Waals surface area contributed by atoms with Gasteiger partial charge in [0.25, 0.3) is 0 Å². The van der Waals surface area contributed by atoms with Gasteiger partial charge in [0, 0.05) is 19.7 Å². The normalized spacial score (nSPS) is 43.0. The minimum absolute atomic E-state index is 0.495. The Hall–Kier alpha value is -0.0800. The highest BCUT2D eigenvalue weighted by molar-refractivity contribution is 4.91. The molecule has 70 valence electrons. The van der Waals surface area contributed by atoms with Crippen molar-refractivity contribution in [3.8, 4) is 0 Å². The zero-order valence-electron chi connectivity index (χ0n) is 8.12. The third-order valence-corrected chi connectivity index (χ3v) is 3.58. The minimum atomic E-state index is 0.495. The van der Waals surface area contributed by atoms with Crippen molar-refractivity contribution in [2.75, 3.05) is 20.7 Å². The highest BCUT2D eigenvalue weighted by Crippen LogP contribution is 2.36. The number of fused-ring (bicyclic) bond motifs is 1. The molecule has 0 radical (unpaired) electrons. The Kier molecular flexibility index (Phi) is 2.37. The molecule has 1 saturated heterocycles. The van der Waals surface area contributed by atoms with Gasteiger partial charge in [-0.15, -0.1) is 0 Å². The number of piperidine rings is 1. The van der Waals surface area contributed by atoms with Gasteiger partial charge in [0.15, 0.2) is 0 Å². The first kappa shape index (κ1) is 8.52. The molecule has 0 spiro atoms. The first-order chi connectivity index (χ1) is 5.81. The summed E-state index contributed by atoms with van der Waals surface area (Å²) in [4.78, 5) is 2.50. The highest BCUT2D eigenvalue weighted by Gasteiger charge is 2.36. The molecule has 2 rings (SSSR count). The molecule has 0 N–H and O–H groups in total. The topological polar surface area (TPSA) is 12.5 Å². The van der Waals surface area contributed by atoms with Gasteiger partial charge in [0.2, 0.25) is 0 Å². The van der Waals surface area contributed by atoms with Crippen molar-refractivity contribution in [1.82, 2.24) is 4.90 Å². The number of nitrogens with zero attached hydrogens (tertiary/aromatic N) is 1. The molecule has 0 bridgehead atoms. The molecule has 1 aliphatic heterocycles. The summed E-state index contributed by atoms with van der Waals surface area (Å²) >= 11 is 0. The first-order valence-corrected chi connectivity index (χ1v) is 5.04. The predicted octanol–water partition coefficient (Wildman–Crippen LogP) is 1.51. The number of ether oxygens (including phenoxy) is 1. The third-order valence-electron chi connectivity index (χ3n) is 3.58. The first-order valence-electron chi connectivity index (χ1n) is 5.04. The Bertz CT molecular complexity index is 160. The SMILES string of the molecule is COC1CC2CCCC2N(C)C1. The van der Waals surface area contributed by atoms with Gasteiger partial charge in [-0.25, -0.2) is 0 Å². The van der Waals surface area contributed by atoms with E-state index in [0.717, 1.165) is 18.5 Å². The highest BCUT2D eigenvalue weighted by atomic mass is 16.5. The molecule has 1 saturated carbocycles. The van der Waals surface area contributed by atoms with Crippen LogP contribution >= 0.6 is 0 Å². The molecule has 12 heavy (non-hydrogen) atoms. The van der Waals surface area contributed by atoms with E-state index >= 15 is 0 Å². The molecular weight excluding hydrogens is 150 g/mol. The molecule has 1 heterocycles. The van der Waals surface area contributed by atoms with Gasteiger partial charge in [-0.05, 0) is 32.2 Å². The second kappa shape index (κ2) is 3.35. The number of hydrogen-bond acceptors (Lipinski definition) is 2. The van der Waals surface area contributed by atoms with Gasteiger partial charge in [0.1, 0.15) is 0 Å². The molecule has 2 aliphatic rings. The van der Waals surface area contributed by atoms with Crippen LogP contribution in [0.5, 0.6) is 0 Å². The van der Waals surface area contributed by atoms with E-state index in [2.05, 4.69) is 11.9 Å². The van der Waals surface area contributed by atoms with E-state index in [1.54, 1.807) is 0 Å². The Morgan fingerprint density at radius 3 is 2.92 bits per heavy atom. The summed E-state index contributed by atoms with van der Waals surface area (Å²) in [5.41, 5.74) is 0. The third kappa shape index (κ3) is 1.38. The van der Waals surface area contributed by atoms with E-state index in [1.807, 2.05) is 7.11 Å². The standard InChI is InChI=1S/C10H19NO/c1-11-7-9(12-2)6-8-4-3-5-10(8)11/h8-10H,3-7H2,1-2H3. The lowest BCUT2D eigenvalue weighted by Gasteiger charge is -2.38. The van der Waals surface area contributed by atoms with E-state index < -0.39 is 0 Å². The molecular formula is C10H19NO. The number of likely N-dealkylation sites (N-methyl/N-ethyl adjacent to an activating group) is 1. The molecule has 0 aromatic heterocycles. The van der Waals surface area contributed by atoms with Crippen LogP contribution in [0.25, 0.3) is 0 Å². The molecule has 3 unspecified atom stereocenters. The van der Waals surface area contributed by atoms with E-state index in [0.29, 0.717) is 6.10 Å². The molecule has 0 amide bonds. The second-order valence-corrected chi connectivity index (χ2v) is 4.29. The summed E-state index contributed by atoms with van der Waals surface area (Å²) in [6.07, 6.45) is 6.06. The lowest BCUT2D eigenvalue weighted by Crippen LogP contribution is -2.46. The van der Waals surface area contributed by atoms with Crippen LogP contribution in [0.15, 0.2) is 0 Å². The summed E-state index contributed by atoms with van der Waals surface area (Å²) in [6.45, 7) is 1.14. The average Bonchev–Trinajstić information content (AvgIpc) is 2.52. The predicted molar refractivity (Wildman–Crippen MR) is 49.2 cm³/mol. The van der Waals surface area contributed by atoms with Crippen molar-refractivity contribution >= 4 is 0 Å². The van der Waals surface area contributed by atoms with Crippen LogP contribution in [0.3, 0.4) is 0 Å². The Morgan fingerprint density at radius 1 is 1.33 bits per heavy atom. The Labute approximate surface area is 74.9 Å². The van der Waals surface area contributed by atoms with Gasteiger partial charge >= 0.3 is 0 Å². The molecule has 1 aliphatic carbocycles. The average molecular weight is 169 g/mol. The van der Waals surface area contributed by atoms with Crippen LogP contribution in [-0.2, 0) is 4.74 Å². The van der Waals surface area contributed by atoms with Crippen LogP contribution in [0, 0.1) is 5.92 Å². The maximum Gasteiger partial charge on any atom is 0.0701 e. The number of hydrogen-bond donors (Lipinski definition) is 0. The molecule has 0 aromatic carbocycles. The largest absolute Gasteiger partial charge is 0.380 e. The fourth-order valence-electron chi connectivity index (χ4n) is 2.91. The van der Waals surface area contributed by atoms with E-state index in [4.69, 9.17) is 4.74 Å². The summed E-state index contributed by atoms with van der Waals surface area (Å²) in [5.74, 6) is 0.925. The molecule has 0 aromatic rings. The maximum atomic E-state index is 5.43. The Morgan fingerprint density at radius 2 is 2.17 bits per heavy atom. The quantitative estimate of drug-likeness (QED) is 0.590. The zero-order valence-corrected chi connectivity index (χ0v) is 8.12. The van der Waals surface area contributed by atoms with Crippen molar-refractivity contribution in [3.63, 3.8) is 0 Å².